The van der Waals surface area contributed by atoms with Gasteiger partial charge >= 0.3 is 12.1 Å². The zero-order valence-corrected chi connectivity index (χ0v) is 16.2. The van der Waals surface area contributed by atoms with Gasteiger partial charge in [-0.2, -0.15) is 18.3 Å². The number of rotatable bonds is 8. The Morgan fingerprint density at radius 3 is 2.53 bits per heavy atom. The second-order valence-corrected chi connectivity index (χ2v) is 5.78. The molecule has 2 rings (SSSR count). The van der Waals surface area contributed by atoms with Gasteiger partial charge in [-0.3, -0.25) is 4.79 Å². The van der Waals surface area contributed by atoms with Crippen molar-refractivity contribution in [2.24, 2.45) is 5.10 Å². The van der Waals surface area contributed by atoms with Crippen molar-refractivity contribution in [2.75, 3.05) is 20.3 Å². The predicted octanol–water partition coefficient (Wildman–Crippen LogP) is 3.42. The lowest BCUT2D eigenvalue weighted by Gasteiger charge is -2.11. The van der Waals surface area contributed by atoms with Gasteiger partial charge in [0.05, 0.1) is 25.5 Å². The van der Waals surface area contributed by atoms with E-state index in [0.29, 0.717) is 23.7 Å². The number of nitrogens with one attached hydrogen (secondary N) is 1. The molecule has 0 aliphatic carbocycles. The molecule has 0 aliphatic heterocycles. The van der Waals surface area contributed by atoms with Crippen molar-refractivity contribution in [1.82, 2.24) is 5.43 Å². The van der Waals surface area contributed by atoms with E-state index in [1.165, 1.54) is 19.4 Å². The van der Waals surface area contributed by atoms with Crippen molar-refractivity contribution >= 4 is 18.1 Å². The van der Waals surface area contributed by atoms with Gasteiger partial charge < -0.3 is 14.2 Å². The minimum atomic E-state index is -4.55. The van der Waals surface area contributed by atoms with Crippen LogP contribution >= 0.6 is 0 Å². The molecule has 2 aromatic carbocycles. The lowest BCUT2D eigenvalue weighted by Crippen LogP contribution is -2.18. The Labute approximate surface area is 170 Å². The van der Waals surface area contributed by atoms with Gasteiger partial charge in [-0.25, -0.2) is 10.2 Å². The second-order valence-electron chi connectivity index (χ2n) is 5.78. The third kappa shape index (κ3) is 6.50. The number of hydrogen-bond donors (Lipinski definition) is 1. The van der Waals surface area contributed by atoms with Crippen molar-refractivity contribution in [3.8, 4) is 11.5 Å². The van der Waals surface area contributed by atoms with Gasteiger partial charge in [0.25, 0.3) is 5.91 Å². The summed E-state index contributed by atoms with van der Waals surface area (Å²) in [4.78, 5) is 23.2. The minimum absolute atomic E-state index is 0.177. The Bertz CT molecular complexity index is 929. The zero-order chi connectivity index (χ0) is 22.1. The topological polar surface area (TPSA) is 86.2 Å². The Morgan fingerprint density at radius 1 is 1.10 bits per heavy atom. The molecule has 0 aliphatic rings. The van der Waals surface area contributed by atoms with E-state index in [0.717, 1.165) is 18.2 Å². The number of halogens is 3. The van der Waals surface area contributed by atoms with Gasteiger partial charge in [-0.15, -0.1) is 0 Å². The average molecular weight is 424 g/mol. The summed E-state index contributed by atoms with van der Waals surface area (Å²) in [5.74, 6) is -0.692. The van der Waals surface area contributed by atoms with E-state index >= 15 is 0 Å². The Kier molecular flexibility index (Phi) is 7.79. The number of nitrogens with zero attached hydrogens (tertiary/aromatic N) is 1. The lowest BCUT2D eigenvalue weighted by molar-refractivity contribution is -0.143. The van der Waals surface area contributed by atoms with E-state index in [1.807, 2.05) is 0 Å². The van der Waals surface area contributed by atoms with E-state index in [9.17, 15) is 22.8 Å². The molecule has 0 radical (unpaired) electrons. The molecular weight excluding hydrogens is 405 g/mol. The summed E-state index contributed by atoms with van der Waals surface area (Å²) in [5, 5.41) is 3.75. The van der Waals surface area contributed by atoms with Crippen molar-refractivity contribution in [3.05, 3.63) is 59.2 Å². The van der Waals surface area contributed by atoms with Gasteiger partial charge in [0, 0.05) is 5.56 Å². The molecule has 0 fully saturated rings. The first-order chi connectivity index (χ1) is 14.2. The van der Waals surface area contributed by atoms with Gasteiger partial charge in [0.1, 0.15) is 0 Å². The van der Waals surface area contributed by atoms with Crippen LogP contribution in [0.25, 0.3) is 0 Å². The molecule has 7 nitrogen and oxygen atoms in total. The van der Waals surface area contributed by atoms with E-state index in [-0.39, 0.29) is 12.2 Å². The summed E-state index contributed by atoms with van der Waals surface area (Å²) in [6, 6.07) is 8.71. The molecule has 10 heteroatoms. The SMILES string of the molecule is CCOc1cc(/C=N\NC(=O)c2cccc(C(F)(F)F)c2)ccc1OCC(=O)OC. The predicted molar refractivity (Wildman–Crippen MR) is 102 cm³/mol. The maximum absolute atomic E-state index is 12.7. The number of esters is 1. The van der Waals surface area contributed by atoms with Crippen molar-refractivity contribution < 1.29 is 37.0 Å². The highest BCUT2D eigenvalue weighted by Crippen LogP contribution is 2.30. The normalized spacial score (nSPS) is 11.2. The van der Waals surface area contributed by atoms with Crippen LogP contribution in [0.1, 0.15) is 28.4 Å². The molecule has 0 spiro atoms. The third-order valence-electron chi connectivity index (χ3n) is 3.67. The highest BCUT2D eigenvalue weighted by Gasteiger charge is 2.30. The number of amides is 1. The summed E-state index contributed by atoms with van der Waals surface area (Å²) in [6.07, 6.45) is -3.26. The molecule has 30 heavy (non-hydrogen) atoms. The van der Waals surface area contributed by atoms with E-state index < -0.39 is 23.6 Å². The number of hydrazone groups is 1. The molecule has 1 N–H and O–H groups in total. The lowest BCUT2D eigenvalue weighted by atomic mass is 10.1. The molecule has 0 saturated carbocycles. The molecule has 0 aromatic heterocycles. The van der Waals surface area contributed by atoms with Crippen LogP contribution in [0.5, 0.6) is 11.5 Å². The second kappa shape index (κ2) is 10.3. The third-order valence-corrected chi connectivity index (χ3v) is 3.67. The minimum Gasteiger partial charge on any atom is -0.490 e. The standard InChI is InChI=1S/C20H19F3N2O5/c1-3-29-17-9-13(7-8-16(17)30-12-18(26)28-2)11-24-25-19(27)14-5-4-6-15(10-14)20(21,22)23/h4-11H,3,12H2,1-2H3,(H,25,27)/b24-11-. The number of benzene rings is 2. The van der Waals surface area contributed by atoms with Crippen LogP contribution in [0, 0.1) is 0 Å². The highest BCUT2D eigenvalue weighted by molar-refractivity contribution is 5.95. The van der Waals surface area contributed by atoms with Gasteiger partial charge in [-0.05, 0) is 48.9 Å². The number of carbonyl (C=O) groups excluding carboxylic acids is 2. The van der Waals surface area contributed by atoms with E-state index in [1.54, 1.807) is 25.1 Å². The number of carbonyl (C=O) groups is 2. The monoisotopic (exact) mass is 424 g/mol. The summed E-state index contributed by atoms with van der Waals surface area (Å²) < 4.78 is 53.5. The molecule has 0 bridgehead atoms. The van der Waals surface area contributed by atoms with Crippen LogP contribution < -0.4 is 14.9 Å². The number of methoxy groups -OCH3 is 1. The summed E-state index contributed by atoms with van der Waals surface area (Å²) in [7, 11) is 1.24. The number of alkyl halides is 3. The molecule has 1 amide bonds. The fourth-order valence-electron chi connectivity index (χ4n) is 2.25. The maximum atomic E-state index is 12.7. The van der Waals surface area contributed by atoms with E-state index in [4.69, 9.17) is 9.47 Å². The molecule has 0 unspecified atom stereocenters. The van der Waals surface area contributed by atoms with Crippen molar-refractivity contribution in [3.63, 3.8) is 0 Å². The average Bonchev–Trinajstić information content (AvgIpc) is 2.72. The number of ether oxygens (including phenoxy) is 3. The van der Waals surface area contributed by atoms with Crippen LogP contribution in [0.15, 0.2) is 47.6 Å². The Morgan fingerprint density at radius 2 is 1.87 bits per heavy atom. The number of hydrogen-bond acceptors (Lipinski definition) is 6. The quantitative estimate of drug-likeness (QED) is 0.399. The van der Waals surface area contributed by atoms with Gasteiger partial charge in [0.2, 0.25) is 0 Å². The smallest absolute Gasteiger partial charge is 0.416 e. The molecular formula is C20H19F3N2O5. The summed E-state index contributed by atoms with van der Waals surface area (Å²) >= 11 is 0. The van der Waals surface area contributed by atoms with Crippen LogP contribution in [0.4, 0.5) is 13.2 Å². The Balaban J connectivity index is 2.07. The van der Waals surface area contributed by atoms with Crippen LogP contribution in [-0.4, -0.2) is 38.4 Å². The highest BCUT2D eigenvalue weighted by atomic mass is 19.4. The van der Waals surface area contributed by atoms with Crippen LogP contribution in [0.2, 0.25) is 0 Å². The first-order valence-corrected chi connectivity index (χ1v) is 8.71. The maximum Gasteiger partial charge on any atom is 0.416 e. The molecule has 2 aromatic rings. The van der Waals surface area contributed by atoms with Gasteiger partial charge in [0.15, 0.2) is 18.1 Å². The fourth-order valence-corrected chi connectivity index (χ4v) is 2.25. The first kappa shape index (κ1) is 22.7. The van der Waals surface area contributed by atoms with Crippen molar-refractivity contribution in [2.45, 2.75) is 13.1 Å². The van der Waals surface area contributed by atoms with Crippen LogP contribution in [0.3, 0.4) is 0 Å². The van der Waals surface area contributed by atoms with Gasteiger partial charge in [-0.1, -0.05) is 6.07 Å². The summed E-state index contributed by atoms with van der Waals surface area (Å²) in [6.45, 7) is 1.80. The first-order valence-electron chi connectivity index (χ1n) is 8.71. The molecule has 0 saturated heterocycles. The van der Waals surface area contributed by atoms with Crippen LogP contribution in [-0.2, 0) is 15.7 Å². The fraction of sp³-hybridized carbons (Fsp3) is 0.250. The summed E-state index contributed by atoms with van der Waals surface area (Å²) in [5.41, 5.74) is 1.59. The molecule has 0 atom stereocenters. The van der Waals surface area contributed by atoms with E-state index in [2.05, 4.69) is 15.3 Å². The zero-order valence-electron chi connectivity index (χ0n) is 16.2. The largest absolute Gasteiger partial charge is 0.490 e. The Hall–Kier alpha value is -3.56. The molecule has 160 valence electrons. The van der Waals surface area contributed by atoms with Crippen molar-refractivity contribution in [1.29, 1.82) is 0 Å². The molecule has 0 heterocycles.